The van der Waals surface area contributed by atoms with Crippen molar-refractivity contribution in [3.05, 3.63) is 62.0 Å². The maximum atomic E-state index is 11.6. The van der Waals surface area contributed by atoms with Crippen LogP contribution in [0.15, 0.2) is 40.9 Å². The molecule has 0 heterocycles. The lowest BCUT2D eigenvalue weighted by Gasteiger charge is -2.10. The van der Waals surface area contributed by atoms with E-state index in [0.717, 1.165) is 15.7 Å². The Morgan fingerprint density at radius 2 is 1.95 bits per heavy atom. The largest absolute Gasteiger partial charge is 0.465 e. The molecule has 0 amide bonds. The van der Waals surface area contributed by atoms with Crippen LogP contribution < -0.4 is 5.32 Å². The SMILES string of the molecule is COC(=O)c1cc(NCc2ccc(Br)c(Cl)c2)ccc1Cl. The van der Waals surface area contributed by atoms with Gasteiger partial charge in [0.15, 0.2) is 0 Å². The van der Waals surface area contributed by atoms with Gasteiger partial charge in [0.2, 0.25) is 0 Å². The molecule has 0 saturated heterocycles. The van der Waals surface area contributed by atoms with Crippen LogP contribution in [-0.4, -0.2) is 13.1 Å². The average molecular weight is 389 g/mol. The second-order valence-electron chi connectivity index (χ2n) is 4.29. The number of ether oxygens (including phenoxy) is 1. The molecule has 0 aliphatic carbocycles. The number of carbonyl (C=O) groups excluding carboxylic acids is 1. The van der Waals surface area contributed by atoms with Crippen molar-refractivity contribution in [1.82, 2.24) is 0 Å². The minimum absolute atomic E-state index is 0.331. The number of halogens is 3. The van der Waals surface area contributed by atoms with E-state index in [2.05, 4.69) is 26.0 Å². The van der Waals surface area contributed by atoms with Crippen LogP contribution in [0.25, 0.3) is 0 Å². The van der Waals surface area contributed by atoms with Crippen LogP contribution in [0, 0.1) is 0 Å². The van der Waals surface area contributed by atoms with Gasteiger partial charge in [-0.2, -0.15) is 0 Å². The van der Waals surface area contributed by atoms with Gasteiger partial charge in [-0.25, -0.2) is 4.79 Å². The van der Waals surface area contributed by atoms with Crippen molar-refractivity contribution in [2.45, 2.75) is 6.54 Å². The Labute approximate surface area is 141 Å². The fourth-order valence-corrected chi connectivity index (χ4v) is 2.40. The van der Waals surface area contributed by atoms with E-state index in [1.54, 1.807) is 18.2 Å². The molecule has 0 aromatic heterocycles. The van der Waals surface area contributed by atoms with E-state index in [4.69, 9.17) is 23.2 Å². The van der Waals surface area contributed by atoms with Gasteiger partial charge < -0.3 is 10.1 Å². The zero-order valence-corrected chi connectivity index (χ0v) is 14.2. The van der Waals surface area contributed by atoms with Crippen molar-refractivity contribution in [3.63, 3.8) is 0 Å². The topological polar surface area (TPSA) is 38.3 Å². The highest BCUT2D eigenvalue weighted by Gasteiger charge is 2.11. The fraction of sp³-hybridized carbons (Fsp3) is 0.133. The smallest absolute Gasteiger partial charge is 0.339 e. The van der Waals surface area contributed by atoms with Crippen molar-refractivity contribution in [2.75, 3.05) is 12.4 Å². The molecule has 0 saturated carbocycles. The van der Waals surface area contributed by atoms with Crippen LogP contribution in [0.2, 0.25) is 10.0 Å². The third-order valence-electron chi connectivity index (χ3n) is 2.85. The first-order valence-electron chi connectivity index (χ1n) is 6.07. The Bertz CT molecular complexity index is 677. The molecule has 2 aromatic carbocycles. The standard InChI is InChI=1S/C15H12BrCl2NO2/c1-21-15(20)11-7-10(3-5-13(11)17)19-8-9-2-4-12(16)14(18)6-9/h2-7,19H,8H2,1H3. The van der Waals surface area contributed by atoms with Gasteiger partial charge in [0.25, 0.3) is 0 Å². The Morgan fingerprint density at radius 3 is 2.62 bits per heavy atom. The van der Waals surface area contributed by atoms with Crippen molar-refractivity contribution in [1.29, 1.82) is 0 Å². The maximum Gasteiger partial charge on any atom is 0.339 e. The van der Waals surface area contributed by atoms with E-state index in [0.29, 0.717) is 22.2 Å². The number of esters is 1. The summed E-state index contributed by atoms with van der Waals surface area (Å²) >= 11 is 15.4. The molecule has 0 aliphatic heterocycles. The summed E-state index contributed by atoms with van der Waals surface area (Å²) in [4.78, 5) is 11.6. The van der Waals surface area contributed by atoms with Crippen molar-refractivity contribution in [3.8, 4) is 0 Å². The number of hydrogen-bond donors (Lipinski definition) is 1. The first-order valence-corrected chi connectivity index (χ1v) is 7.62. The number of rotatable bonds is 4. The summed E-state index contributed by atoms with van der Waals surface area (Å²) in [7, 11) is 1.32. The second-order valence-corrected chi connectivity index (χ2v) is 5.96. The van der Waals surface area contributed by atoms with Crippen molar-refractivity contribution >= 4 is 50.8 Å². The molecule has 1 N–H and O–H groups in total. The number of carbonyl (C=O) groups is 1. The lowest BCUT2D eigenvalue weighted by molar-refractivity contribution is 0.0601. The molecule has 6 heteroatoms. The van der Waals surface area contributed by atoms with Crippen LogP contribution in [0.4, 0.5) is 5.69 Å². The number of anilines is 1. The first kappa shape index (κ1) is 16.1. The van der Waals surface area contributed by atoms with Crippen LogP contribution in [0.3, 0.4) is 0 Å². The average Bonchev–Trinajstić information content (AvgIpc) is 2.49. The van der Waals surface area contributed by atoms with Gasteiger partial charge in [-0.1, -0.05) is 29.3 Å². The second kappa shape index (κ2) is 7.16. The minimum atomic E-state index is -0.463. The van der Waals surface area contributed by atoms with Crippen molar-refractivity contribution < 1.29 is 9.53 Å². The summed E-state index contributed by atoms with van der Waals surface area (Å²) < 4.78 is 5.54. The molecule has 0 fully saturated rings. The molecule has 0 atom stereocenters. The lowest BCUT2D eigenvalue weighted by Crippen LogP contribution is -2.05. The van der Waals surface area contributed by atoms with Gasteiger partial charge >= 0.3 is 5.97 Å². The number of nitrogens with one attached hydrogen (secondary N) is 1. The molecular weight excluding hydrogens is 377 g/mol. The number of benzene rings is 2. The summed E-state index contributed by atoms with van der Waals surface area (Å²) in [5.41, 5.74) is 2.13. The molecule has 0 spiro atoms. The molecule has 21 heavy (non-hydrogen) atoms. The fourth-order valence-electron chi connectivity index (χ4n) is 1.76. The van der Waals surface area contributed by atoms with E-state index in [9.17, 15) is 4.79 Å². The van der Waals surface area contributed by atoms with Gasteiger partial charge in [-0.15, -0.1) is 0 Å². The van der Waals surface area contributed by atoms with Gasteiger partial charge in [0, 0.05) is 16.7 Å². The van der Waals surface area contributed by atoms with Crippen LogP contribution >= 0.6 is 39.1 Å². The predicted octanol–water partition coefficient (Wildman–Crippen LogP) is 5.15. The van der Waals surface area contributed by atoms with E-state index in [1.807, 2.05) is 18.2 Å². The monoisotopic (exact) mass is 387 g/mol. The summed E-state index contributed by atoms with van der Waals surface area (Å²) in [6.45, 7) is 0.579. The highest BCUT2D eigenvalue weighted by Crippen LogP contribution is 2.25. The normalized spacial score (nSPS) is 10.3. The predicted molar refractivity (Wildman–Crippen MR) is 89.3 cm³/mol. The molecule has 2 aromatic rings. The summed E-state index contributed by atoms with van der Waals surface area (Å²) in [6, 6.07) is 10.8. The number of methoxy groups -OCH3 is 1. The zero-order valence-electron chi connectivity index (χ0n) is 11.1. The minimum Gasteiger partial charge on any atom is -0.465 e. The Balaban J connectivity index is 2.13. The van der Waals surface area contributed by atoms with E-state index < -0.39 is 5.97 Å². The van der Waals surface area contributed by atoms with Crippen LogP contribution in [0.5, 0.6) is 0 Å². The van der Waals surface area contributed by atoms with Gasteiger partial charge in [0.05, 0.1) is 22.7 Å². The zero-order chi connectivity index (χ0) is 15.4. The molecule has 0 unspecified atom stereocenters. The lowest BCUT2D eigenvalue weighted by atomic mass is 10.2. The highest BCUT2D eigenvalue weighted by molar-refractivity contribution is 9.10. The summed E-state index contributed by atoms with van der Waals surface area (Å²) in [6.07, 6.45) is 0. The summed E-state index contributed by atoms with van der Waals surface area (Å²) in [5, 5.41) is 4.23. The van der Waals surface area contributed by atoms with Gasteiger partial charge in [-0.3, -0.25) is 0 Å². The molecule has 3 nitrogen and oxygen atoms in total. The Morgan fingerprint density at radius 1 is 1.19 bits per heavy atom. The van der Waals surface area contributed by atoms with E-state index in [1.165, 1.54) is 7.11 Å². The summed E-state index contributed by atoms with van der Waals surface area (Å²) in [5.74, 6) is -0.463. The molecule has 0 bridgehead atoms. The number of hydrogen-bond acceptors (Lipinski definition) is 3. The van der Waals surface area contributed by atoms with Crippen LogP contribution in [-0.2, 0) is 11.3 Å². The van der Waals surface area contributed by atoms with Gasteiger partial charge in [0.1, 0.15) is 0 Å². The Kier molecular flexibility index (Phi) is 5.51. The first-order chi connectivity index (χ1) is 10.0. The molecule has 0 aliphatic rings. The Hall–Kier alpha value is -1.23. The maximum absolute atomic E-state index is 11.6. The third-order valence-corrected chi connectivity index (χ3v) is 4.41. The molecule has 0 radical (unpaired) electrons. The molecular formula is C15H12BrCl2NO2. The van der Waals surface area contributed by atoms with Crippen LogP contribution in [0.1, 0.15) is 15.9 Å². The van der Waals surface area contributed by atoms with E-state index >= 15 is 0 Å². The molecule has 2 rings (SSSR count). The highest BCUT2D eigenvalue weighted by atomic mass is 79.9. The van der Waals surface area contributed by atoms with E-state index in [-0.39, 0.29) is 0 Å². The molecule has 110 valence electrons. The van der Waals surface area contributed by atoms with Gasteiger partial charge in [-0.05, 0) is 51.8 Å². The quantitative estimate of drug-likeness (QED) is 0.735. The third kappa shape index (κ3) is 4.13. The van der Waals surface area contributed by atoms with Crippen molar-refractivity contribution in [2.24, 2.45) is 0 Å².